The normalized spacial score (nSPS) is 15.1. The minimum Gasteiger partial charge on any atom is -0.381 e. The molecule has 0 radical (unpaired) electrons. The van der Waals surface area contributed by atoms with Gasteiger partial charge in [0, 0.05) is 52.6 Å². The number of nitrogens with zero attached hydrogens (tertiary/aromatic N) is 4. The van der Waals surface area contributed by atoms with Gasteiger partial charge in [0.1, 0.15) is 0 Å². The predicted molar refractivity (Wildman–Crippen MR) is 129 cm³/mol. The SMILES string of the molecule is CCn1ncc2c(NC3CCOCC3)c(C(=O)NCc3ccc(S(=O)(=O)N(C)C)cc3)cnc21. The highest BCUT2D eigenvalue weighted by Crippen LogP contribution is 2.28. The van der Waals surface area contributed by atoms with E-state index in [9.17, 15) is 13.2 Å². The molecule has 0 saturated carbocycles. The maximum absolute atomic E-state index is 13.2. The molecule has 3 heterocycles. The summed E-state index contributed by atoms with van der Waals surface area (Å²) in [5, 5.41) is 11.7. The first-order chi connectivity index (χ1) is 16.3. The fourth-order valence-corrected chi connectivity index (χ4v) is 4.80. The largest absolute Gasteiger partial charge is 0.381 e. The van der Waals surface area contributed by atoms with Crippen molar-refractivity contribution in [3.05, 3.63) is 47.8 Å². The van der Waals surface area contributed by atoms with Gasteiger partial charge in [-0.1, -0.05) is 12.1 Å². The predicted octanol–water partition coefficient (Wildman–Crippen LogP) is 2.22. The number of ether oxygens (including phenoxy) is 1. The Kier molecular flexibility index (Phi) is 7.15. The van der Waals surface area contributed by atoms with Gasteiger partial charge in [-0.05, 0) is 37.5 Å². The van der Waals surface area contributed by atoms with Crippen molar-refractivity contribution in [1.82, 2.24) is 24.4 Å². The number of aryl methyl sites for hydroxylation is 1. The number of pyridine rings is 1. The van der Waals surface area contributed by atoms with Crippen LogP contribution in [0.15, 0.2) is 41.6 Å². The fourth-order valence-electron chi connectivity index (χ4n) is 3.90. The maximum atomic E-state index is 13.2. The van der Waals surface area contributed by atoms with Gasteiger partial charge >= 0.3 is 0 Å². The van der Waals surface area contributed by atoms with Crippen LogP contribution in [-0.4, -0.2) is 66.7 Å². The van der Waals surface area contributed by atoms with Gasteiger partial charge in [-0.3, -0.25) is 4.79 Å². The molecule has 0 unspecified atom stereocenters. The van der Waals surface area contributed by atoms with Crippen molar-refractivity contribution in [3.8, 4) is 0 Å². The summed E-state index contributed by atoms with van der Waals surface area (Å²) in [6, 6.07) is 6.68. The quantitative estimate of drug-likeness (QED) is 0.501. The molecule has 1 aliphatic rings. The molecule has 2 N–H and O–H groups in total. The minimum atomic E-state index is -3.50. The van der Waals surface area contributed by atoms with Crippen LogP contribution in [0.4, 0.5) is 5.69 Å². The number of carbonyl (C=O) groups excluding carboxylic acids is 1. The van der Waals surface area contributed by atoms with E-state index in [2.05, 4.69) is 20.7 Å². The van der Waals surface area contributed by atoms with Crippen LogP contribution in [0.1, 0.15) is 35.7 Å². The van der Waals surface area contributed by atoms with E-state index in [1.165, 1.54) is 18.4 Å². The number of benzene rings is 1. The number of sulfonamides is 1. The molecule has 4 rings (SSSR count). The molecule has 3 aromatic rings. The second-order valence-electron chi connectivity index (χ2n) is 8.39. The lowest BCUT2D eigenvalue weighted by atomic mass is 10.1. The summed E-state index contributed by atoms with van der Waals surface area (Å²) >= 11 is 0. The molecule has 0 bridgehead atoms. The lowest BCUT2D eigenvalue weighted by Gasteiger charge is -2.25. The second-order valence-corrected chi connectivity index (χ2v) is 10.5. The molecule has 0 spiro atoms. The summed E-state index contributed by atoms with van der Waals surface area (Å²) in [4.78, 5) is 17.9. The van der Waals surface area contributed by atoms with Gasteiger partial charge in [0.05, 0.1) is 27.7 Å². The number of hydrogen-bond acceptors (Lipinski definition) is 7. The number of fused-ring (bicyclic) bond motifs is 1. The van der Waals surface area contributed by atoms with Crippen molar-refractivity contribution >= 4 is 32.7 Å². The van der Waals surface area contributed by atoms with Gasteiger partial charge in [0.2, 0.25) is 10.0 Å². The highest BCUT2D eigenvalue weighted by Gasteiger charge is 2.22. The highest BCUT2D eigenvalue weighted by atomic mass is 32.2. The zero-order valence-corrected chi connectivity index (χ0v) is 20.4. The monoisotopic (exact) mass is 486 g/mol. The number of nitrogens with one attached hydrogen (secondary N) is 2. The number of carbonyl (C=O) groups is 1. The van der Waals surface area contributed by atoms with E-state index in [4.69, 9.17) is 4.74 Å². The van der Waals surface area contributed by atoms with E-state index in [-0.39, 0.29) is 23.4 Å². The summed E-state index contributed by atoms with van der Waals surface area (Å²) in [6.45, 7) is 4.29. The van der Waals surface area contributed by atoms with Crippen LogP contribution in [0.2, 0.25) is 0 Å². The molecule has 11 heteroatoms. The molecule has 1 saturated heterocycles. The third kappa shape index (κ3) is 4.91. The van der Waals surface area contributed by atoms with E-state index in [1.54, 1.807) is 41.3 Å². The average Bonchev–Trinajstić information content (AvgIpc) is 3.27. The molecule has 1 aromatic carbocycles. The van der Waals surface area contributed by atoms with Crippen molar-refractivity contribution in [2.45, 2.75) is 43.8 Å². The molecular weight excluding hydrogens is 456 g/mol. The molecule has 1 fully saturated rings. The Hall–Kier alpha value is -3.02. The molecule has 182 valence electrons. The van der Waals surface area contributed by atoms with Gasteiger partial charge in [0.15, 0.2) is 5.65 Å². The van der Waals surface area contributed by atoms with E-state index < -0.39 is 10.0 Å². The molecule has 0 atom stereocenters. The first kappa shape index (κ1) is 24.1. The number of amides is 1. The molecule has 0 aliphatic carbocycles. The Morgan fingerprint density at radius 2 is 1.88 bits per heavy atom. The molecule has 34 heavy (non-hydrogen) atoms. The van der Waals surface area contributed by atoms with Crippen molar-refractivity contribution in [3.63, 3.8) is 0 Å². The van der Waals surface area contributed by atoms with Crippen LogP contribution < -0.4 is 10.6 Å². The molecule has 1 amide bonds. The van der Waals surface area contributed by atoms with Crippen LogP contribution in [0.25, 0.3) is 11.0 Å². The van der Waals surface area contributed by atoms with Crippen LogP contribution in [0.5, 0.6) is 0 Å². The first-order valence-corrected chi connectivity index (χ1v) is 12.7. The molecule has 2 aromatic heterocycles. The summed E-state index contributed by atoms with van der Waals surface area (Å²) in [7, 11) is -0.515. The van der Waals surface area contributed by atoms with Crippen LogP contribution in [-0.2, 0) is 27.8 Å². The van der Waals surface area contributed by atoms with Crippen molar-refractivity contribution in [1.29, 1.82) is 0 Å². The van der Waals surface area contributed by atoms with Crippen LogP contribution in [0, 0.1) is 0 Å². The maximum Gasteiger partial charge on any atom is 0.255 e. The van der Waals surface area contributed by atoms with Crippen LogP contribution >= 0.6 is 0 Å². The van der Waals surface area contributed by atoms with Crippen molar-refractivity contribution in [2.24, 2.45) is 0 Å². The third-order valence-corrected chi connectivity index (χ3v) is 7.76. The van der Waals surface area contributed by atoms with Gasteiger partial charge in [-0.15, -0.1) is 0 Å². The smallest absolute Gasteiger partial charge is 0.255 e. The van der Waals surface area contributed by atoms with Gasteiger partial charge in [-0.25, -0.2) is 22.4 Å². The standard InChI is InChI=1S/C23H30N6O4S/c1-4-29-22-19(15-26-29)21(27-17-9-11-33-12-10-17)20(14-24-22)23(30)25-13-16-5-7-18(8-6-16)34(31,32)28(2)3/h5-8,14-15,17H,4,9-13H2,1-3H3,(H,24,27)(H,25,30). The first-order valence-electron chi connectivity index (χ1n) is 11.3. The average molecular weight is 487 g/mol. The van der Waals surface area contributed by atoms with Crippen molar-refractivity contribution < 1.29 is 17.9 Å². The number of hydrogen-bond donors (Lipinski definition) is 2. The number of anilines is 1. The zero-order valence-electron chi connectivity index (χ0n) is 19.6. The van der Waals surface area contributed by atoms with Crippen molar-refractivity contribution in [2.75, 3.05) is 32.6 Å². The Balaban J connectivity index is 1.55. The molecule has 1 aliphatic heterocycles. The Bertz CT molecular complexity index is 1260. The van der Waals surface area contributed by atoms with Crippen LogP contribution in [0.3, 0.4) is 0 Å². The Morgan fingerprint density at radius 1 is 1.18 bits per heavy atom. The summed E-state index contributed by atoms with van der Waals surface area (Å²) < 4.78 is 32.9. The second kappa shape index (κ2) is 10.1. The van der Waals surface area contributed by atoms with E-state index in [0.29, 0.717) is 25.3 Å². The van der Waals surface area contributed by atoms with E-state index >= 15 is 0 Å². The van der Waals surface area contributed by atoms with E-state index in [0.717, 1.165) is 35.1 Å². The lowest BCUT2D eigenvalue weighted by Crippen LogP contribution is -2.30. The third-order valence-electron chi connectivity index (χ3n) is 5.94. The number of rotatable bonds is 8. The zero-order chi connectivity index (χ0) is 24.3. The summed E-state index contributed by atoms with van der Waals surface area (Å²) in [5.41, 5.74) is 2.69. The van der Waals surface area contributed by atoms with E-state index in [1.807, 2.05) is 6.92 Å². The number of aromatic nitrogens is 3. The van der Waals surface area contributed by atoms with Gasteiger partial charge < -0.3 is 15.4 Å². The fraction of sp³-hybridized carbons (Fsp3) is 0.435. The molecule has 10 nitrogen and oxygen atoms in total. The summed E-state index contributed by atoms with van der Waals surface area (Å²) in [6.07, 6.45) is 5.04. The van der Waals surface area contributed by atoms with Gasteiger partial charge in [-0.2, -0.15) is 5.10 Å². The summed E-state index contributed by atoms with van der Waals surface area (Å²) in [5.74, 6) is -0.266. The Labute approximate surface area is 199 Å². The lowest BCUT2D eigenvalue weighted by molar-refractivity contribution is 0.0904. The molecular formula is C23H30N6O4S. The Morgan fingerprint density at radius 3 is 2.53 bits per heavy atom. The minimum absolute atomic E-state index is 0.196. The highest BCUT2D eigenvalue weighted by molar-refractivity contribution is 7.89. The topological polar surface area (TPSA) is 118 Å². The van der Waals surface area contributed by atoms with Gasteiger partial charge in [0.25, 0.3) is 5.91 Å².